The van der Waals surface area contributed by atoms with Crippen molar-refractivity contribution in [2.45, 2.75) is 38.3 Å². The maximum absolute atomic E-state index is 13.7. The molecule has 1 aromatic carbocycles. The van der Waals surface area contributed by atoms with Gasteiger partial charge in [0.25, 0.3) is 0 Å². The van der Waals surface area contributed by atoms with E-state index in [1.165, 1.54) is 6.07 Å². The Morgan fingerprint density at radius 2 is 2.04 bits per heavy atom. The Labute approximate surface area is 148 Å². The molecule has 1 atom stereocenters. The molecule has 1 aliphatic heterocycles. The smallest absolute Gasteiger partial charge is 0.222 e. The summed E-state index contributed by atoms with van der Waals surface area (Å²) in [7, 11) is 0. The van der Waals surface area contributed by atoms with E-state index in [0.29, 0.717) is 24.9 Å². The van der Waals surface area contributed by atoms with Crippen molar-refractivity contribution >= 4 is 5.91 Å². The van der Waals surface area contributed by atoms with Crippen molar-refractivity contribution in [1.82, 2.24) is 15.2 Å². The predicted molar refractivity (Wildman–Crippen MR) is 95.4 cm³/mol. The molecule has 5 heteroatoms. The fraction of sp³-hybridized carbons (Fsp3) is 0.400. The Balaban J connectivity index is 1.45. The number of nitrogens with one attached hydrogen (secondary N) is 1. The van der Waals surface area contributed by atoms with E-state index in [1.807, 2.05) is 29.2 Å². The summed E-state index contributed by atoms with van der Waals surface area (Å²) < 4.78 is 13.7. The van der Waals surface area contributed by atoms with E-state index in [0.717, 1.165) is 31.6 Å². The number of carbonyl (C=O) groups is 1. The molecule has 1 N–H and O–H groups in total. The van der Waals surface area contributed by atoms with Gasteiger partial charge in [0, 0.05) is 31.7 Å². The van der Waals surface area contributed by atoms with Gasteiger partial charge in [-0.2, -0.15) is 0 Å². The summed E-state index contributed by atoms with van der Waals surface area (Å²) >= 11 is 0. The molecule has 2 aromatic rings. The maximum atomic E-state index is 13.7. The third kappa shape index (κ3) is 4.86. The van der Waals surface area contributed by atoms with Crippen LogP contribution in [0.1, 0.15) is 30.5 Å². The number of aromatic nitrogens is 1. The maximum Gasteiger partial charge on any atom is 0.222 e. The molecule has 0 aliphatic carbocycles. The summed E-state index contributed by atoms with van der Waals surface area (Å²) in [4.78, 5) is 18.4. The monoisotopic (exact) mass is 341 g/mol. The van der Waals surface area contributed by atoms with Crippen LogP contribution >= 0.6 is 0 Å². The Kier molecular flexibility index (Phi) is 6.12. The van der Waals surface area contributed by atoms with Crippen molar-refractivity contribution < 1.29 is 9.18 Å². The lowest BCUT2D eigenvalue weighted by Gasteiger charge is -2.25. The molecule has 0 unspecified atom stereocenters. The molecule has 1 aliphatic rings. The number of rotatable bonds is 8. The standard InChI is InChI=1S/C20H24FN3O/c21-19-7-2-1-5-16(19)11-14-24-18(8-9-20(24)25)10-13-22-15-17-6-3-4-12-23-17/h1-7,12,18,22H,8-11,13-15H2/t18-/m0/s1. The van der Waals surface area contributed by atoms with Crippen LogP contribution in [-0.4, -0.2) is 34.9 Å². The molecule has 1 saturated heterocycles. The van der Waals surface area contributed by atoms with Crippen LogP contribution in [0.25, 0.3) is 0 Å². The van der Waals surface area contributed by atoms with Gasteiger partial charge in [-0.1, -0.05) is 24.3 Å². The lowest BCUT2D eigenvalue weighted by molar-refractivity contribution is -0.129. The molecule has 1 fully saturated rings. The molecule has 132 valence electrons. The molecule has 25 heavy (non-hydrogen) atoms. The molecule has 1 aromatic heterocycles. The lowest BCUT2D eigenvalue weighted by Crippen LogP contribution is -2.36. The molecule has 0 radical (unpaired) electrons. The summed E-state index contributed by atoms with van der Waals surface area (Å²) in [6.07, 6.45) is 4.76. The number of benzene rings is 1. The highest BCUT2D eigenvalue weighted by Gasteiger charge is 2.30. The topological polar surface area (TPSA) is 45.2 Å². The van der Waals surface area contributed by atoms with Gasteiger partial charge in [0.2, 0.25) is 5.91 Å². The second-order valence-electron chi connectivity index (χ2n) is 6.41. The van der Waals surface area contributed by atoms with E-state index >= 15 is 0 Å². The number of hydrogen-bond acceptors (Lipinski definition) is 3. The van der Waals surface area contributed by atoms with Gasteiger partial charge < -0.3 is 10.2 Å². The highest BCUT2D eigenvalue weighted by atomic mass is 19.1. The highest BCUT2D eigenvalue weighted by molar-refractivity contribution is 5.78. The second-order valence-corrected chi connectivity index (χ2v) is 6.41. The average Bonchev–Trinajstić information content (AvgIpc) is 2.99. The number of pyridine rings is 1. The Morgan fingerprint density at radius 3 is 2.84 bits per heavy atom. The molecule has 3 rings (SSSR count). The molecule has 0 saturated carbocycles. The zero-order valence-electron chi connectivity index (χ0n) is 14.3. The molecule has 0 bridgehead atoms. The molecule has 1 amide bonds. The van der Waals surface area contributed by atoms with Crippen molar-refractivity contribution in [3.05, 3.63) is 65.7 Å². The average molecular weight is 341 g/mol. The third-order valence-electron chi connectivity index (χ3n) is 4.72. The minimum Gasteiger partial charge on any atom is -0.339 e. The second kappa shape index (κ2) is 8.72. The highest BCUT2D eigenvalue weighted by Crippen LogP contribution is 2.22. The first-order valence-corrected chi connectivity index (χ1v) is 8.87. The predicted octanol–water partition coefficient (Wildman–Crippen LogP) is 2.93. The quantitative estimate of drug-likeness (QED) is 0.751. The van der Waals surface area contributed by atoms with E-state index < -0.39 is 0 Å². The molecule has 2 heterocycles. The number of halogens is 1. The summed E-state index contributed by atoms with van der Waals surface area (Å²) in [5, 5.41) is 3.39. The van der Waals surface area contributed by atoms with Crippen LogP contribution < -0.4 is 5.32 Å². The molecular formula is C20H24FN3O. The van der Waals surface area contributed by atoms with E-state index in [9.17, 15) is 9.18 Å². The zero-order chi connectivity index (χ0) is 17.5. The van der Waals surface area contributed by atoms with Crippen molar-refractivity contribution in [2.75, 3.05) is 13.1 Å². The molecular weight excluding hydrogens is 317 g/mol. The van der Waals surface area contributed by atoms with Gasteiger partial charge in [-0.05, 0) is 49.6 Å². The number of amides is 1. The first kappa shape index (κ1) is 17.5. The Morgan fingerprint density at radius 1 is 1.20 bits per heavy atom. The minimum atomic E-state index is -0.192. The summed E-state index contributed by atoms with van der Waals surface area (Å²) in [5.74, 6) is -0.00575. The lowest BCUT2D eigenvalue weighted by atomic mass is 10.1. The fourth-order valence-electron chi connectivity index (χ4n) is 3.33. The number of carbonyl (C=O) groups excluding carboxylic acids is 1. The molecule has 0 spiro atoms. The van der Waals surface area contributed by atoms with Gasteiger partial charge in [-0.3, -0.25) is 9.78 Å². The SMILES string of the molecule is O=C1CC[C@@H](CCNCc2ccccn2)N1CCc1ccccc1F. The fourth-order valence-corrected chi connectivity index (χ4v) is 3.33. The van der Waals surface area contributed by atoms with Crippen molar-refractivity contribution in [2.24, 2.45) is 0 Å². The minimum absolute atomic E-state index is 0.186. The Hall–Kier alpha value is -2.27. The Bertz CT molecular complexity index is 692. The largest absolute Gasteiger partial charge is 0.339 e. The first-order chi connectivity index (χ1) is 12.2. The van der Waals surface area contributed by atoms with Crippen LogP contribution in [0.5, 0.6) is 0 Å². The number of hydrogen-bond donors (Lipinski definition) is 1. The summed E-state index contributed by atoms with van der Waals surface area (Å²) in [5.41, 5.74) is 1.69. The van der Waals surface area contributed by atoms with Gasteiger partial charge in [0.05, 0.1) is 5.69 Å². The van der Waals surface area contributed by atoms with Crippen molar-refractivity contribution in [3.63, 3.8) is 0 Å². The van der Waals surface area contributed by atoms with E-state index in [-0.39, 0.29) is 17.8 Å². The molecule has 4 nitrogen and oxygen atoms in total. The normalized spacial score (nSPS) is 17.2. The van der Waals surface area contributed by atoms with Crippen LogP contribution in [0, 0.1) is 5.82 Å². The van der Waals surface area contributed by atoms with Crippen LogP contribution in [0.3, 0.4) is 0 Å². The number of likely N-dealkylation sites (tertiary alicyclic amines) is 1. The van der Waals surface area contributed by atoms with Crippen LogP contribution in [0.15, 0.2) is 48.7 Å². The summed E-state index contributed by atoms with van der Waals surface area (Å²) in [6, 6.07) is 12.9. The van der Waals surface area contributed by atoms with Gasteiger partial charge in [-0.25, -0.2) is 4.39 Å². The van der Waals surface area contributed by atoms with Gasteiger partial charge in [0.15, 0.2) is 0 Å². The van der Waals surface area contributed by atoms with Gasteiger partial charge in [0.1, 0.15) is 5.82 Å². The van der Waals surface area contributed by atoms with Crippen LogP contribution in [-0.2, 0) is 17.8 Å². The van der Waals surface area contributed by atoms with Crippen molar-refractivity contribution in [1.29, 1.82) is 0 Å². The first-order valence-electron chi connectivity index (χ1n) is 8.87. The zero-order valence-corrected chi connectivity index (χ0v) is 14.3. The third-order valence-corrected chi connectivity index (χ3v) is 4.72. The van der Waals surface area contributed by atoms with Gasteiger partial charge in [-0.15, -0.1) is 0 Å². The number of nitrogens with zero attached hydrogens (tertiary/aromatic N) is 2. The summed E-state index contributed by atoms with van der Waals surface area (Å²) in [6.45, 7) is 2.16. The van der Waals surface area contributed by atoms with Crippen molar-refractivity contribution in [3.8, 4) is 0 Å². The van der Waals surface area contributed by atoms with E-state index in [4.69, 9.17) is 0 Å². The van der Waals surface area contributed by atoms with Crippen LogP contribution in [0.4, 0.5) is 4.39 Å². The van der Waals surface area contributed by atoms with Crippen LogP contribution in [0.2, 0.25) is 0 Å². The van der Waals surface area contributed by atoms with Gasteiger partial charge >= 0.3 is 0 Å². The van der Waals surface area contributed by atoms with E-state index in [2.05, 4.69) is 10.3 Å². The van der Waals surface area contributed by atoms with E-state index in [1.54, 1.807) is 18.3 Å².